The van der Waals surface area contributed by atoms with Gasteiger partial charge in [0.05, 0.1) is 18.4 Å². The molecule has 3 aromatic carbocycles. The highest BCUT2D eigenvalue weighted by atomic mass is 35.5. The number of likely N-dealkylation sites (tertiary alicyclic amines) is 1. The van der Waals surface area contributed by atoms with E-state index in [1.807, 2.05) is 47.8 Å². The van der Waals surface area contributed by atoms with Crippen molar-refractivity contribution < 1.29 is 19.1 Å². The Balaban J connectivity index is 1.08. The second-order valence-electron chi connectivity index (χ2n) is 9.85. The van der Waals surface area contributed by atoms with E-state index in [1.54, 1.807) is 31.4 Å². The summed E-state index contributed by atoms with van der Waals surface area (Å²) in [5, 5.41) is 5.66. The van der Waals surface area contributed by atoms with Gasteiger partial charge in [0, 0.05) is 36.3 Å². The van der Waals surface area contributed by atoms with Crippen molar-refractivity contribution in [3.05, 3.63) is 111 Å². The van der Waals surface area contributed by atoms with Crippen LogP contribution in [-0.2, 0) is 17.8 Å². The van der Waals surface area contributed by atoms with E-state index in [2.05, 4.69) is 22.3 Å². The van der Waals surface area contributed by atoms with Crippen LogP contribution < -0.4 is 14.8 Å². The van der Waals surface area contributed by atoms with E-state index in [0.29, 0.717) is 27.0 Å². The van der Waals surface area contributed by atoms with E-state index >= 15 is 0 Å². The van der Waals surface area contributed by atoms with Crippen molar-refractivity contribution in [2.75, 3.05) is 20.2 Å². The zero-order chi connectivity index (χ0) is 27.9. The van der Waals surface area contributed by atoms with Crippen LogP contribution in [0.15, 0.2) is 84.2 Å². The van der Waals surface area contributed by atoms with Crippen molar-refractivity contribution in [1.29, 1.82) is 0 Å². The lowest BCUT2D eigenvalue weighted by molar-refractivity contribution is -0.121. The van der Waals surface area contributed by atoms with Crippen LogP contribution in [0.1, 0.15) is 39.2 Å². The number of piperidine rings is 1. The third-order valence-electron chi connectivity index (χ3n) is 6.90. The van der Waals surface area contributed by atoms with Crippen LogP contribution in [0.2, 0.25) is 5.02 Å². The first-order valence-corrected chi connectivity index (χ1v) is 14.5. The number of carbonyl (C=O) groups excluding carboxylic acids is 2. The highest BCUT2D eigenvalue weighted by Gasteiger charge is 2.21. The number of nitrogens with zero attached hydrogens (tertiary/aromatic N) is 1. The normalized spacial score (nSPS) is 14.1. The fourth-order valence-corrected chi connectivity index (χ4v) is 5.83. The van der Waals surface area contributed by atoms with Crippen molar-refractivity contribution >= 4 is 34.6 Å². The number of ketones is 1. The molecule has 5 rings (SSSR count). The summed E-state index contributed by atoms with van der Waals surface area (Å²) in [6.45, 7) is 2.63. The van der Waals surface area contributed by atoms with Crippen molar-refractivity contribution in [2.24, 2.45) is 0 Å². The molecule has 1 amide bonds. The average Bonchev–Trinajstić information content (AvgIpc) is 3.43. The Hall–Kier alpha value is -3.65. The Morgan fingerprint density at radius 2 is 1.70 bits per heavy atom. The summed E-state index contributed by atoms with van der Waals surface area (Å²) in [7, 11) is 1.63. The van der Waals surface area contributed by atoms with Gasteiger partial charge < -0.3 is 14.8 Å². The number of halogens is 1. The standard InChI is InChI=1S/C32H31ClN2O4S/c1-38-28-7-2-3-8-29(28)39-27-6-4-5-22(17-27)20-35-15-13-26(14-16-35)34-31(36)19-23-18-30(40-21-23)32(37)24-9-11-25(33)12-10-24/h2-12,17-18,21,26H,13-16,19-20H2,1H3,(H,34,36). The molecule has 0 spiro atoms. The van der Waals surface area contributed by atoms with Crippen molar-refractivity contribution in [2.45, 2.75) is 31.8 Å². The number of ether oxygens (including phenoxy) is 2. The second-order valence-corrected chi connectivity index (χ2v) is 11.2. The molecule has 1 aromatic heterocycles. The van der Waals surface area contributed by atoms with Crippen LogP contribution in [0.5, 0.6) is 17.2 Å². The van der Waals surface area contributed by atoms with Gasteiger partial charge in [-0.05, 0) is 83.9 Å². The molecule has 40 heavy (non-hydrogen) atoms. The van der Waals surface area contributed by atoms with Gasteiger partial charge in [-0.3, -0.25) is 14.5 Å². The molecular weight excluding hydrogens is 544 g/mol. The molecule has 0 radical (unpaired) electrons. The molecule has 1 saturated heterocycles. The fraction of sp³-hybridized carbons (Fsp3) is 0.250. The van der Waals surface area contributed by atoms with Gasteiger partial charge in [0.15, 0.2) is 11.5 Å². The van der Waals surface area contributed by atoms with Crippen LogP contribution >= 0.6 is 22.9 Å². The molecule has 1 fully saturated rings. The minimum absolute atomic E-state index is 0.0112. The topological polar surface area (TPSA) is 67.9 Å². The number of carbonyl (C=O) groups is 2. The number of hydrogen-bond donors (Lipinski definition) is 1. The third-order valence-corrected chi connectivity index (χ3v) is 8.13. The molecule has 4 aromatic rings. The van der Waals surface area contributed by atoms with Gasteiger partial charge in [-0.15, -0.1) is 11.3 Å². The van der Waals surface area contributed by atoms with Gasteiger partial charge in [-0.1, -0.05) is 35.9 Å². The van der Waals surface area contributed by atoms with Crippen LogP contribution in [0.3, 0.4) is 0 Å². The first kappa shape index (κ1) is 27.9. The van der Waals surface area contributed by atoms with E-state index in [9.17, 15) is 9.59 Å². The number of benzene rings is 3. The molecule has 1 aliphatic heterocycles. The minimum atomic E-state index is -0.0578. The Morgan fingerprint density at radius 3 is 2.45 bits per heavy atom. The summed E-state index contributed by atoms with van der Waals surface area (Å²) in [5.74, 6) is 2.09. The quantitative estimate of drug-likeness (QED) is 0.212. The Labute approximate surface area is 243 Å². The summed E-state index contributed by atoms with van der Waals surface area (Å²) < 4.78 is 11.5. The molecule has 0 unspecified atom stereocenters. The van der Waals surface area contributed by atoms with E-state index < -0.39 is 0 Å². The van der Waals surface area contributed by atoms with Crippen LogP contribution in [0, 0.1) is 0 Å². The molecule has 0 aliphatic carbocycles. The first-order chi connectivity index (χ1) is 19.5. The number of nitrogens with one attached hydrogen (secondary N) is 1. The molecule has 0 saturated carbocycles. The molecule has 6 nitrogen and oxygen atoms in total. The Bertz CT molecular complexity index is 1460. The summed E-state index contributed by atoms with van der Waals surface area (Å²) in [5.41, 5.74) is 2.62. The lowest BCUT2D eigenvalue weighted by Gasteiger charge is -2.32. The van der Waals surface area contributed by atoms with E-state index in [4.69, 9.17) is 21.1 Å². The molecule has 2 heterocycles. The maximum Gasteiger partial charge on any atom is 0.224 e. The smallest absolute Gasteiger partial charge is 0.224 e. The summed E-state index contributed by atoms with van der Waals surface area (Å²) in [6, 6.07) is 24.5. The van der Waals surface area contributed by atoms with E-state index in [0.717, 1.165) is 43.8 Å². The zero-order valence-electron chi connectivity index (χ0n) is 22.3. The molecule has 0 atom stereocenters. The largest absolute Gasteiger partial charge is 0.493 e. The van der Waals surface area contributed by atoms with Crippen LogP contribution in [0.25, 0.3) is 0 Å². The molecule has 1 N–H and O–H groups in total. The summed E-state index contributed by atoms with van der Waals surface area (Å²) >= 11 is 7.29. The molecule has 0 bridgehead atoms. The first-order valence-electron chi connectivity index (χ1n) is 13.3. The molecular formula is C32H31ClN2O4S. The SMILES string of the molecule is COc1ccccc1Oc1cccc(CN2CCC(NC(=O)Cc3csc(C(=O)c4ccc(Cl)cc4)c3)CC2)c1. The minimum Gasteiger partial charge on any atom is -0.493 e. The highest BCUT2D eigenvalue weighted by Crippen LogP contribution is 2.31. The van der Waals surface area contributed by atoms with Crippen LogP contribution in [-0.4, -0.2) is 42.8 Å². The third kappa shape index (κ3) is 7.30. The van der Waals surface area contributed by atoms with Crippen LogP contribution in [0.4, 0.5) is 0 Å². The van der Waals surface area contributed by atoms with Gasteiger partial charge in [0.1, 0.15) is 5.75 Å². The van der Waals surface area contributed by atoms with Gasteiger partial charge in [-0.25, -0.2) is 0 Å². The van der Waals surface area contributed by atoms with Crippen molar-refractivity contribution in [3.63, 3.8) is 0 Å². The van der Waals surface area contributed by atoms with Gasteiger partial charge in [-0.2, -0.15) is 0 Å². The lowest BCUT2D eigenvalue weighted by atomic mass is 10.0. The lowest BCUT2D eigenvalue weighted by Crippen LogP contribution is -2.44. The summed E-state index contributed by atoms with van der Waals surface area (Å²) in [4.78, 5) is 28.5. The zero-order valence-corrected chi connectivity index (χ0v) is 23.8. The number of hydrogen-bond acceptors (Lipinski definition) is 6. The molecule has 206 valence electrons. The van der Waals surface area contributed by atoms with Crippen molar-refractivity contribution in [1.82, 2.24) is 10.2 Å². The number of thiophene rings is 1. The van der Waals surface area contributed by atoms with Gasteiger partial charge in [0.25, 0.3) is 0 Å². The summed E-state index contributed by atoms with van der Waals surface area (Å²) in [6.07, 6.45) is 2.06. The number of amides is 1. The predicted molar refractivity (Wildman–Crippen MR) is 159 cm³/mol. The average molecular weight is 575 g/mol. The van der Waals surface area contributed by atoms with Gasteiger partial charge in [0.2, 0.25) is 11.7 Å². The van der Waals surface area contributed by atoms with Crippen molar-refractivity contribution in [3.8, 4) is 17.2 Å². The second kappa shape index (κ2) is 13.1. The monoisotopic (exact) mass is 574 g/mol. The van der Waals surface area contributed by atoms with E-state index in [-0.39, 0.29) is 24.2 Å². The molecule has 1 aliphatic rings. The molecule has 8 heteroatoms. The number of para-hydroxylation sites is 2. The number of methoxy groups -OCH3 is 1. The number of rotatable bonds is 10. The maximum absolute atomic E-state index is 12.7. The predicted octanol–water partition coefficient (Wildman–Crippen LogP) is 6.76. The maximum atomic E-state index is 12.7. The Morgan fingerprint density at radius 1 is 0.950 bits per heavy atom. The van der Waals surface area contributed by atoms with E-state index in [1.165, 1.54) is 16.9 Å². The van der Waals surface area contributed by atoms with Gasteiger partial charge >= 0.3 is 0 Å². The Kier molecular flexibility index (Phi) is 9.16. The highest BCUT2D eigenvalue weighted by molar-refractivity contribution is 7.12. The fourth-order valence-electron chi connectivity index (χ4n) is 4.83.